The van der Waals surface area contributed by atoms with Crippen LogP contribution in [-0.2, 0) is 6.54 Å². The van der Waals surface area contributed by atoms with Crippen molar-refractivity contribution in [2.45, 2.75) is 19.5 Å². The fourth-order valence-corrected chi connectivity index (χ4v) is 2.29. The van der Waals surface area contributed by atoms with Gasteiger partial charge in [0, 0.05) is 18.6 Å². The highest BCUT2D eigenvalue weighted by Gasteiger charge is 2.15. The standard InChI is InChI=1S/C15H18ClN3/c1-11(14-5-3-4-6-15(14)16)19(2)13-8-7-12(9-17)18-10-13/h3-8,10-11H,9,17H2,1-2H3. The number of rotatable bonds is 4. The predicted octanol–water partition coefficient (Wildman–Crippen LogP) is 3.39. The van der Waals surface area contributed by atoms with E-state index in [2.05, 4.69) is 16.8 Å². The second-order valence-electron chi connectivity index (χ2n) is 4.52. The lowest BCUT2D eigenvalue weighted by atomic mass is 10.1. The maximum Gasteiger partial charge on any atom is 0.0555 e. The van der Waals surface area contributed by atoms with Gasteiger partial charge in [0.25, 0.3) is 0 Å². The number of anilines is 1. The molecule has 0 aliphatic rings. The molecule has 0 spiro atoms. The van der Waals surface area contributed by atoms with Crippen LogP contribution < -0.4 is 10.6 Å². The van der Waals surface area contributed by atoms with Crippen LogP contribution in [0.25, 0.3) is 0 Å². The van der Waals surface area contributed by atoms with Gasteiger partial charge in [-0.15, -0.1) is 0 Å². The molecule has 0 radical (unpaired) electrons. The zero-order valence-corrected chi connectivity index (χ0v) is 11.9. The van der Waals surface area contributed by atoms with Crippen LogP contribution in [0.4, 0.5) is 5.69 Å². The van der Waals surface area contributed by atoms with E-state index in [1.807, 2.05) is 49.6 Å². The summed E-state index contributed by atoms with van der Waals surface area (Å²) in [6.45, 7) is 2.59. The number of hydrogen-bond donors (Lipinski definition) is 1. The summed E-state index contributed by atoms with van der Waals surface area (Å²) in [4.78, 5) is 6.46. The van der Waals surface area contributed by atoms with Gasteiger partial charge in [-0.05, 0) is 30.7 Å². The minimum absolute atomic E-state index is 0.180. The third-order valence-corrected chi connectivity index (χ3v) is 3.71. The Bertz CT molecular complexity index is 539. The Morgan fingerprint density at radius 2 is 2.00 bits per heavy atom. The molecule has 0 aliphatic carbocycles. The number of benzene rings is 1. The summed E-state index contributed by atoms with van der Waals surface area (Å²) < 4.78 is 0. The fraction of sp³-hybridized carbons (Fsp3) is 0.267. The molecular weight excluding hydrogens is 258 g/mol. The zero-order valence-electron chi connectivity index (χ0n) is 11.2. The van der Waals surface area contributed by atoms with E-state index in [9.17, 15) is 0 Å². The summed E-state index contributed by atoms with van der Waals surface area (Å²) in [5.74, 6) is 0. The van der Waals surface area contributed by atoms with Gasteiger partial charge in [-0.2, -0.15) is 0 Å². The average Bonchev–Trinajstić information content (AvgIpc) is 2.46. The molecule has 0 saturated heterocycles. The molecule has 2 N–H and O–H groups in total. The normalized spacial score (nSPS) is 12.2. The number of nitrogens with zero attached hydrogens (tertiary/aromatic N) is 2. The maximum atomic E-state index is 6.24. The molecule has 1 aromatic heterocycles. The Kier molecular flexibility index (Phi) is 4.40. The van der Waals surface area contributed by atoms with Crippen molar-refractivity contribution >= 4 is 17.3 Å². The monoisotopic (exact) mass is 275 g/mol. The Hall–Kier alpha value is -1.58. The van der Waals surface area contributed by atoms with Crippen molar-refractivity contribution in [3.05, 3.63) is 58.9 Å². The quantitative estimate of drug-likeness (QED) is 0.930. The molecule has 3 nitrogen and oxygen atoms in total. The molecule has 19 heavy (non-hydrogen) atoms. The molecule has 100 valence electrons. The summed E-state index contributed by atoms with van der Waals surface area (Å²) >= 11 is 6.24. The largest absolute Gasteiger partial charge is 0.367 e. The molecule has 1 atom stereocenters. The second-order valence-corrected chi connectivity index (χ2v) is 4.93. The van der Waals surface area contributed by atoms with E-state index in [0.717, 1.165) is 22.0 Å². The van der Waals surface area contributed by atoms with Gasteiger partial charge in [-0.3, -0.25) is 4.98 Å². The number of halogens is 1. The molecule has 0 aliphatic heterocycles. The molecule has 0 amide bonds. The van der Waals surface area contributed by atoms with Crippen molar-refractivity contribution in [3.63, 3.8) is 0 Å². The van der Waals surface area contributed by atoms with Gasteiger partial charge in [-0.25, -0.2) is 0 Å². The van der Waals surface area contributed by atoms with Crippen LogP contribution in [0.1, 0.15) is 24.2 Å². The van der Waals surface area contributed by atoms with E-state index in [0.29, 0.717) is 6.54 Å². The van der Waals surface area contributed by atoms with E-state index in [-0.39, 0.29) is 6.04 Å². The van der Waals surface area contributed by atoms with Gasteiger partial charge in [-0.1, -0.05) is 29.8 Å². The number of aromatic nitrogens is 1. The Balaban J connectivity index is 2.23. The Morgan fingerprint density at radius 1 is 1.26 bits per heavy atom. The minimum atomic E-state index is 0.180. The van der Waals surface area contributed by atoms with Crippen LogP contribution in [0.5, 0.6) is 0 Å². The van der Waals surface area contributed by atoms with Gasteiger partial charge in [0.05, 0.1) is 23.6 Å². The van der Waals surface area contributed by atoms with Gasteiger partial charge in [0.1, 0.15) is 0 Å². The molecule has 0 bridgehead atoms. The van der Waals surface area contributed by atoms with Crippen LogP contribution in [0.2, 0.25) is 5.02 Å². The Morgan fingerprint density at radius 3 is 2.58 bits per heavy atom. The molecule has 0 saturated carbocycles. The molecule has 4 heteroatoms. The summed E-state index contributed by atoms with van der Waals surface area (Å²) in [5.41, 5.74) is 8.60. The third-order valence-electron chi connectivity index (χ3n) is 3.36. The fourth-order valence-electron chi connectivity index (χ4n) is 1.99. The molecule has 1 heterocycles. The summed E-state index contributed by atoms with van der Waals surface area (Å²) in [6.07, 6.45) is 1.84. The average molecular weight is 276 g/mol. The first kappa shape index (κ1) is 13.8. The van der Waals surface area contributed by atoms with E-state index >= 15 is 0 Å². The first-order valence-electron chi connectivity index (χ1n) is 6.25. The maximum absolute atomic E-state index is 6.24. The minimum Gasteiger partial charge on any atom is -0.367 e. The van der Waals surface area contributed by atoms with Crippen molar-refractivity contribution in [3.8, 4) is 0 Å². The molecule has 1 aromatic carbocycles. The molecular formula is C15H18ClN3. The van der Waals surface area contributed by atoms with Gasteiger partial charge >= 0.3 is 0 Å². The van der Waals surface area contributed by atoms with Crippen LogP contribution in [0.3, 0.4) is 0 Å². The summed E-state index contributed by atoms with van der Waals surface area (Å²) in [5, 5.41) is 0.786. The van der Waals surface area contributed by atoms with E-state index in [1.165, 1.54) is 0 Å². The highest BCUT2D eigenvalue weighted by atomic mass is 35.5. The lowest BCUT2D eigenvalue weighted by molar-refractivity contribution is 0.737. The van der Waals surface area contributed by atoms with Crippen molar-refractivity contribution in [2.75, 3.05) is 11.9 Å². The van der Waals surface area contributed by atoms with E-state index in [4.69, 9.17) is 17.3 Å². The van der Waals surface area contributed by atoms with Gasteiger partial charge in [0.15, 0.2) is 0 Å². The smallest absolute Gasteiger partial charge is 0.0555 e. The lowest BCUT2D eigenvalue weighted by Gasteiger charge is -2.27. The summed E-state index contributed by atoms with van der Waals surface area (Å²) in [6, 6.07) is 12.1. The van der Waals surface area contributed by atoms with Crippen LogP contribution in [0, 0.1) is 0 Å². The molecule has 0 fully saturated rings. The highest BCUT2D eigenvalue weighted by Crippen LogP contribution is 2.29. The van der Waals surface area contributed by atoms with Crippen molar-refractivity contribution in [1.82, 2.24) is 4.98 Å². The SMILES string of the molecule is CC(c1ccccc1Cl)N(C)c1ccc(CN)nc1. The molecule has 2 rings (SSSR count). The van der Waals surface area contributed by atoms with Crippen LogP contribution >= 0.6 is 11.6 Å². The molecule has 1 unspecified atom stereocenters. The number of hydrogen-bond acceptors (Lipinski definition) is 3. The highest BCUT2D eigenvalue weighted by molar-refractivity contribution is 6.31. The van der Waals surface area contributed by atoms with E-state index < -0.39 is 0 Å². The van der Waals surface area contributed by atoms with Gasteiger partial charge < -0.3 is 10.6 Å². The van der Waals surface area contributed by atoms with Crippen molar-refractivity contribution in [1.29, 1.82) is 0 Å². The third kappa shape index (κ3) is 3.06. The topological polar surface area (TPSA) is 42.1 Å². The van der Waals surface area contributed by atoms with Crippen molar-refractivity contribution < 1.29 is 0 Å². The zero-order chi connectivity index (χ0) is 13.8. The first-order valence-corrected chi connectivity index (χ1v) is 6.63. The van der Waals surface area contributed by atoms with E-state index in [1.54, 1.807) is 0 Å². The lowest BCUT2D eigenvalue weighted by Crippen LogP contribution is -2.22. The second kappa shape index (κ2) is 6.04. The Labute approximate surface area is 119 Å². The van der Waals surface area contributed by atoms with Gasteiger partial charge in [0.2, 0.25) is 0 Å². The van der Waals surface area contributed by atoms with Crippen LogP contribution in [0.15, 0.2) is 42.6 Å². The number of nitrogens with two attached hydrogens (primary N) is 1. The van der Waals surface area contributed by atoms with Crippen molar-refractivity contribution in [2.24, 2.45) is 5.73 Å². The number of pyridine rings is 1. The first-order chi connectivity index (χ1) is 9.13. The van der Waals surface area contributed by atoms with Crippen LogP contribution in [-0.4, -0.2) is 12.0 Å². The summed E-state index contributed by atoms with van der Waals surface area (Å²) in [7, 11) is 2.03. The predicted molar refractivity (Wildman–Crippen MR) is 80.4 cm³/mol. The molecule has 2 aromatic rings.